The summed E-state index contributed by atoms with van der Waals surface area (Å²) in [4.78, 5) is 9.77. The highest BCUT2D eigenvalue weighted by atomic mass is 15.2. The summed E-state index contributed by atoms with van der Waals surface area (Å²) in [5, 5.41) is 1.11. The van der Waals surface area contributed by atoms with E-state index in [4.69, 9.17) is 4.98 Å². The lowest BCUT2D eigenvalue weighted by Crippen LogP contribution is -2.20. The lowest BCUT2D eigenvalue weighted by atomic mass is 9.83. The van der Waals surface area contributed by atoms with Crippen molar-refractivity contribution in [3.05, 3.63) is 199 Å². The third-order valence-electron chi connectivity index (χ3n) is 11.5. The van der Waals surface area contributed by atoms with Gasteiger partial charge in [-0.2, -0.15) is 0 Å². The molecular formula is C57H57N3. The summed E-state index contributed by atoms with van der Waals surface area (Å²) >= 11 is 0. The first-order valence-corrected chi connectivity index (χ1v) is 21.2. The smallest absolute Gasteiger partial charge is 0.0722 e. The minimum atomic E-state index is -0.181. The van der Waals surface area contributed by atoms with E-state index in [9.17, 15) is 0 Å². The summed E-state index contributed by atoms with van der Waals surface area (Å²) < 4.78 is 0. The maximum absolute atomic E-state index is 4.84. The van der Waals surface area contributed by atoms with Crippen molar-refractivity contribution < 1.29 is 0 Å². The van der Waals surface area contributed by atoms with Gasteiger partial charge in [-0.1, -0.05) is 172 Å². The zero-order valence-electron chi connectivity index (χ0n) is 36.7. The van der Waals surface area contributed by atoms with Crippen molar-refractivity contribution in [1.82, 2.24) is 4.98 Å². The third kappa shape index (κ3) is 8.36. The predicted octanol–water partition coefficient (Wildman–Crippen LogP) is 16.4. The third-order valence-corrected chi connectivity index (χ3v) is 11.5. The Morgan fingerprint density at radius 1 is 0.350 bits per heavy atom. The van der Waals surface area contributed by atoms with Crippen molar-refractivity contribution in [3.8, 4) is 22.3 Å². The Balaban J connectivity index is 1.49. The van der Waals surface area contributed by atoms with Gasteiger partial charge in [-0.25, -0.2) is 0 Å². The van der Waals surface area contributed by atoms with Crippen LogP contribution in [0.3, 0.4) is 0 Å². The molecule has 3 heteroatoms. The first kappa shape index (κ1) is 40.3. The number of aromatic nitrogens is 1. The minimum absolute atomic E-state index is 0.0159. The average molecular weight is 784 g/mol. The Labute approximate surface area is 358 Å². The standard InChI is InChI=1S/C57H57N3/c1-55(2,3)44-26-31-47(32-27-44)59(49-24-16-22-43(36-49)40-18-12-10-13-19-40)52-37-46(57(7,8)9)38-53(54(52)42-20-14-11-15-21-42)60(48-33-28-45(29-34-48)56(4,5)6)50-30-25-41-23-17-35-58-51(41)39-50/h10-39H,1-9H3. The van der Waals surface area contributed by atoms with Crippen LogP contribution in [-0.4, -0.2) is 4.98 Å². The maximum Gasteiger partial charge on any atom is 0.0722 e. The quantitative estimate of drug-likeness (QED) is 0.153. The van der Waals surface area contributed by atoms with E-state index < -0.39 is 0 Å². The van der Waals surface area contributed by atoms with E-state index in [0.29, 0.717) is 0 Å². The highest BCUT2D eigenvalue weighted by Gasteiger charge is 2.29. The van der Waals surface area contributed by atoms with Crippen LogP contribution in [0.15, 0.2) is 182 Å². The fraction of sp³-hybridized carbons (Fsp3) is 0.211. The van der Waals surface area contributed by atoms with Crippen molar-refractivity contribution in [2.45, 2.75) is 78.6 Å². The van der Waals surface area contributed by atoms with Crippen molar-refractivity contribution >= 4 is 45.0 Å². The van der Waals surface area contributed by atoms with Gasteiger partial charge in [-0.05, 0) is 116 Å². The molecule has 60 heavy (non-hydrogen) atoms. The van der Waals surface area contributed by atoms with E-state index >= 15 is 0 Å². The van der Waals surface area contributed by atoms with Crippen molar-refractivity contribution in [3.63, 3.8) is 0 Å². The molecule has 0 aliphatic rings. The molecule has 0 saturated carbocycles. The topological polar surface area (TPSA) is 19.4 Å². The zero-order valence-corrected chi connectivity index (χ0v) is 36.7. The molecule has 0 N–H and O–H groups in total. The number of fused-ring (bicyclic) bond motifs is 1. The number of benzene rings is 7. The van der Waals surface area contributed by atoms with Crippen LogP contribution in [-0.2, 0) is 16.2 Å². The van der Waals surface area contributed by atoms with E-state index in [2.05, 4.69) is 242 Å². The highest BCUT2D eigenvalue weighted by molar-refractivity contribution is 6.00. The van der Waals surface area contributed by atoms with Gasteiger partial charge in [0, 0.05) is 39.9 Å². The number of pyridine rings is 1. The molecule has 0 radical (unpaired) electrons. The predicted molar refractivity (Wildman–Crippen MR) is 258 cm³/mol. The molecule has 3 nitrogen and oxygen atoms in total. The van der Waals surface area contributed by atoms with Gasteiger partial charge in [0.1, 0.15) is 0 Å². The minimum Gasteiger partial charge on any atom is -0.310 e. The molecule has 0 fully saturated rings. The Bertz CT molecular complexity index is 2730. The summed E-state index contributed by atoms with van der Waals surface area (Å²) in [5.74, 6) is 0. The van der Waals surface area contributed by atoms with Gasteiger partial charge in [0.25, 0.3) is 0 Å². The summed E-state index contributed by atoms with van der Waals surface area (Å²) in [6, 6.07) is 64.6. The van der Waals surface area contributed by atoms with Gasteiger partial charge in [0.15, 0.2) is 0 Å². The second-order valence-corrected chi connectivity index (χ2v) is 19.1. The van der Waals surface area contributed by atoms with Crippen LogP contribution in [0, 0.1) is 0 Å². The number of rotatable bonds is 8. The first-order chi connectivity index (χ1) is 28.6. The fourth-order valence-corrected chi connectivity index (χ4v) is 8.02. The Morgan fingerprint density at radius 3 is 1.33 bits per heavy atom. The molecule has 1 aromatic heterocycles. The van der Waals surface area contributed by atoms with Gasteiger partial charge in [0.05, 0.1) is 16.9 Å². The Kier molecular flexibility index (Phi) is 10.7. The van der Waals surface area contributed by atoms with Crippen LogP contribution in [0.1, 0.15) is 79.0 Å². The lowest BCUT2D eigenvalue weighted by molar-refractivity contribution is 0.589. The van der Waals surface area contributed by atoms with E-state index in [1.807, 2.05) is 12.3 Å². The van der Waals surface area contributed by atoms with Gasteiger partial charge in [0.2, 0.25) is 0 Å². The van der Waals surface area contributed by atoms with Crippen LogP contribution in [0.2, 0.25) is 0 Å². The molecule has 0 amide bonds. The van der Waals surface area contributed by atoms with Crippen LogP contribution >= 0.6 is 0 Å². The SMILES string of the molecule is CC(C)(C)c1ccc(N(c2cccc(-c3ccccc3)c2)c2cc(C(C)(C)C)cc(N(c3ccc(C(C)(C)C)cc3)c3ccc4cccnc4c3)c2-c2ccccc2)cc1. The summed E-state index contributed by atoms with van der Waals surface area (Å²) in [6.45, 7) is 20.6. The molecule has 0 aliphatic carbocycles. The molecule has 0 aliphatic heterocycles. The Hall–Kier alpha value is -6.45. The van der Waals surface area contributed by atoms with E-state index in [0.717, 1.165) is 56.2 Å². The molecule has 0 atom stereocenters. The van der Waals surface area contributed by atoms with Crippen LogP contribution in [0.4, 0.5) is 34.1 Å². The molecule has 0 bridgehead atoms. The lowest BCUT2D eigenvalue weighted by Gasteiger charge is -2.36. The molecule has 0 saturated heterocycles. The van der Waals surface area contributed by atoms with Crippen LogP contribution in [0.5, 0.6) is 0 Å². The molecule has 1 heterocycles. The molecule has 8 rings (SSSR count). The van der Waals surface area contributed by atoms with E-state index in [1.165, 1.54) is 27.8 Å². The summed E-state index contributed by atoms with van der Waals surface area (Å²) in [7, 11) is 0. The van der Waals surface area contributed by atoms with Crippen LogP contribution < -0.4 is 9.80 Å². The molecule has 0 unspecified atom stereocenters. The van der Waals surface area contributed by atoms with Crippen molar-refractivity contribution in [2.75, 3.05) is 9.80 Å². The summed E-state index contributed by atoms with van der Waals surface area (Å²) in [5.41, 5.74) is 15.8. The Morgan fingerprint density at radius 2 is 0.817 bits per heavy atom. The molecule has 300 valence electrons. The van der Waals surface area contributed by atoms with Gasteiger partial charge >= 0.3 is 0 Å². The second kappa shape index (κ2) is 16.0. The monoisotopic (exact) mass is 783 g/mol. The van der Waals surface area contributed by atoms with E-state index in [1.54, 1.807) is 0 Å². The normalized spacial score (nSPS) is 12.1. The van der Waals surface area contributed by atoms with Crippen molar-refractivity contribution in [1.29, 1.82) is 0 Å². The highest BCUT2D eigenvalue weighted by Crippen LogP contribution is 2.51. The molecule has 7 aromatic carbocycles. The maximum atomic E-state index is 4.84. The second-order valence-electron chi connectivity index (χ2n) is 19.1. The van der Waals surface area contributed by atoms with Gasteiger partial charge in [-0.3, -0.25) is 4.98 Å². The molecule has 8 aromatic rings. The fourth-order valence-electron chi connectivity index (χ4n) is 8.02. The first-order valence-electron chi connectivity index (χ1n) is 21.2. The van der Waals surface area contributed by atoms with Crippen LogP contribution in [0.25, 0.3) is 33.2 Å². The number of hydrogen-bond acceptors (Lipinski definition) is 3. The average Bonchev–Trinajstić information content (AvgIpc) is 3.24. The van der Waals surface area contributed by atoms with Gasteiger partial charge in [-0.15, -0.1) is 0 Å². The van der Waals surface area contributed by atoms with Crippen molar-refractivity contribution in [2.24, 2.45) is 0 Å². The van der Waals surface area contributed by atoms with Gasteiger partial charge < -0.3 is 9.80 Å². The van der Waals surface area contributed by atoms with E-state index in [-0.39, 0.29) is 16.2 Å². The summed E-state index contributed by atoms with van der Waals surface area (Å²) in [6.07, 6.45) is 1.88. The largest absolute Gasteiger partial charge is 0.310 e. The molecule has 0 spiro atoms. The number of anilines is 6. The molecular weight excluding hydrogens is 727 g/mol. The zero-order chi connectivity index (χ0) is 42.2. The number of hydrogen-bond donors (Lipinski definition) is 0. The number of nitrogens with zero attached hydrogens (tertiary/aromatic N) is 3.